The van der Waals surface area contributed by atoms with Gasteiger partial charge in [-0.15, -0.1) is 0 Å². The van der Waals surface area contributed by atoms with Crippen LogP contribution in [0.25, 0.3) is 0 Å². The van der Waals surface area contributed by atoms with E-state index in [1.54, 1.807) is 0 Å². The lowest BCUT2D eigenvalue weighted by atomic mass is 9.68. The molecule has 1 aromatic carbocycles. The lowest BCUT2D eigenvalue weighted by molar-refractivity contribution is -0.123. The van der Waals surface area contributed by atoms with E-state index in [0.29, 0.717) is 12.6 Å². The van der Waals surface area contributed by atoms with Gasteiger partial charge in [0, 0.05) is 29.6 Å². The molecule has 0 radical (unpaired) electrons. The van der Waals surface area contributed by atoms with Crippen molar-refractivity contribution in [3.63, 3.8) is 0 Å². The summed E-state index contributed by atoms with van der Waals surface area (Å²) in [4.78, 5) is 14.0. The van der Waals surface area contributed by atoms with Gasteiger partial charge in [0.05, 0.1) is 5.92 Å². The van der Waals surface area contributed by atoms with E-state index in [-0.39, 0.29) is 17.2 Å². The van der Waals surface area contributed by atoms with E-state index < -0.39 is 0 Å². The number of carbonyl (C=O) groups is 1. The molecule has 1 amide bonds. The summed E-state index contributed by atoms with van der Waals surface area (Å²) in [5.74, 6) is -0.126. The van der Waals surface area contributed by atoms with E-state index in [1.165, 1.54) is 5.56 Å². The number of hydrogen-bond donors (Lipinski definition) is 2. The van der Waals surface area contributed by atoms with Gasteiger partial charge in [-0.1, -0.05) is 23.7 Å². The Bertz CT molecular complexity index is 584. The first kappa shape index (κ1) is 17.7. The van der Waals surface area contributed by atoms with Crippen molar-refractivity contribution in [3.8, 4) is 0 Å². The molecular weight excluding hydrogens is 322 g/mol. The van der Waals surface area contributed by atoms with E-state index in [9.17, 15) is 4.79 Å². The van der Waals surface area contributed by atoms with Crippen LogP contribution in [0.5, 0.6) is 0 Å². The van der Waals surface area contributed by atoms with Crippen LogP contribution in [-0.2, 0) is 10.2 Å². The lowest BCUT2D eigenvalue weighted by Gasteiger charge is -2.45. The number of halogens is 1. The Balaban J connectivity index is 1.67. The first-order valence-electron chi connectivity index (χ1n) is 9.03. The molecule has 1 aliphatic heterocycles. The number of rotatable bonds is 4. The highest BCUT2D eigenvalue weighted by molar-refractivity contribution is 6.30. The fraction of sp³-hybridized carbons (Fsp3) is 0.632. The highest BCUT2D eigenvalue weighted by Crippen LogP contribution is 2.41. The zero-order valence-corrected chi connectivity index (χ0v) is 15.0. The van der Waals surface area contributed by atoms with Crippen LogP contribution < -0.4 is 11.5 Å². The Morgan fingerprint density at radius 3 is 2.67 bits per heavy atom. The molecule has 2 aliphatic rings. The number of nitrogens with two attached hydrogens (primary N) is 2. The minimum Gasteiger partial charge on any atom is -0.369 e. The highest BCUT2D eigenvalue weighted by atomic mass is 35.5. The molecule has 24 heavy (non-hydrogen) atoms. The topological polar surface area (TPSA) is 72.3 Å². The van der Waals surface area contributed by atoms with Crippen molar-refractivity contribution >= 4 is 17.5 Å². The van der Waals surface area contributed by atoms with Crippen molar-refractivity contribution in [1.82, 2.24) is 4.90 Å². The van der Waals surface area contributed by atoms with Crippen LogP contribution in [0.15, 0.2) is 24.3 Å². The van der Waals surface area contributed by atoms with Gasteiger partial charge in [-0.05, 0) is 62.8 Å². The van der Waals surface area contributed by atoms with Gasteiger partial charge < -0.3 is 11.5 Å². The Kier molecular flexibility index (Phi) is 5.48. The maximum atomic E-state index is 11.5. The Labute approximate surface area is 149 Å². The van der Waals surface area contributed by atoms with E-state index in [2.05, 4.69) is 17.0 Å². The van der Waals surface area contributed by atoms with Crippen LogP contribution in [0, 0.1) is 5.92 Å². The monoisotopic (exact) mass is 349 g/mol. The fourth-order valence-corrected chi connectivity index (χ4v) is 4.71. The molecule has 3 rings (SSSR count). The third-order valence-electron chi connectivity index (χ3n) is 6.11. The minimum absolute atomic E-state index is 0.0212. The fourth-order valence-electron chi connectivity index (χ4n) is 4.52. The molecule has 0 spiro atoms. The summed E-state index contributed by atoms with van der Waals surface area (Å²) < 4.78 is 0. The second kappa shape index (κ2) is 7.42. The molecule has 4 nitrogen and oxygen atoms in total. The molecule has 0 aromatic heterocycles. The molecule has 0 bridgehead atoms. The highest BCUT2D eigenvalue weighted by Gasteiger charge is 2.38. The molecule has 132 valence electrons. The third kappa shape index (κ3) is 3.61. The zero-order valence-electron chi connectivity index (χ0n) is 14.2. The summed E-state index contributed by atoms with van der Waals surface area (Å²) in [6.45, 7) is 2.57. The van der Waals surface area contributed by atoms with Crippen LogP contribution in [0.3, 0.4) is 0 Å². The Morgan fingerprint density at radius 1 is 1.29 bits per heavy atom. The Morgan fingerprint density at radius 2 is 2.04 bits per heavy atom. The smallest absolute Gasteiger partial charge is 0.221 e. The van der Waals surface area contributed by atoms with Gasteiger partial charge in [-0.2, -0.15) is 0 Å². The van der Waals surface area contributed by atoms with Crippen molar-refractivity contribution in [2.75, 3.05) is 19.6 Å². The average molecular weight is 350 g/mol. The second-order valence-corrected chi connectivity index (χ2v) is 7.90. The number of piperidine rings is 1. The van der Waals surface area contributed by atoms with Crippen LogP contribution in [-0.4, -0.2) is 36.5 Å². The lowest BCUT2D eigenvalue weighted by Crippen LogP contribution is -2.50. The van der Waals surface area contributed by atoms with Crippen LogP contribution in [0.4, 0.5) is 0 Å². The summed E-state index contributed by atoms with van der Waals surface area (Å²) >= 11 is 6.19. The normalized spacial score (nSPS) is 31.8. The summed E-state index contributed by atoms with van der Waals surface area (Å²) in [7, 11) is 0. The number of nitrogens with zero attached hydrogens (tertiary/aromatic N) is 1. The van der Waals surface area contributed by atoms with Crippen molar-refractivity contribution in [2.45, 2.75) is 50.0 Å². The maximum Gasteiger partial charge on any atom is 0.221 e. The molecular formula is C19H28ClN3O. The van der Waals surface area contributed by atoms with Gasteiger partial charge >= 0.3 is 0 Å². The first-order chi connectivity index (χ1) is 11.5. The van der Waals surface area contributed by atoms with Crippen LogP contribution in [0.2, 0.25) is 5.02 Å². The summed E-state index contributed by atoms with van der Waals surface area (Å²) in [5, 5.41) is 0.780. The molecule has 4 N–H and O–H groups in total. The summed E-state index contributed by atoms with van der Waals surface area (Å²) in [5.41, 5.74) is 13.0. The largest absolute Gasteiger partial charge is 0.369 e. The van der Waals surface area contributed by atoms with Gasteiger partial charge in [0.2, 0.25) is 5.91 Å². The van der Waals surface area contributed by atoms with E-state index in [0.717, 1.165) is 56.6 Å². The van der Waals surface area contributed by atoms with Gasteiger partial charge in [-0.3, -0.25) is 9.69 Å². The van der Waals surface area contributed by atoms with Crippen molar-refractivity contribution in [1.29, 1.82) is 0 Å². The van der Waals surface area contributed by atoms with E-state index >= 15 is 0 Å². The quantitative estimate of drug-likeness (QED) is 0.877. The predicted octanol–water partition coefficient (Wildman–Crippen LogP) is 2.68. The first-order valence-corrected chi connectivity index (χ1v) is 9.41. The SMILES string of the molecule is NCC1(c2cccc(Cl)c2)CCC(N2CCCC(C(N)=O)C2)CC1. The number of benzene rings is 1. The van der Waals surface area contributed by atoms with Gasteiger partial charge in [0.1, 0.15) is 0 Å². The average Bonchev–Trinajstić information content (AvgIpc) is 2.62. The van der Waals surface area contributed by atoms with Crippen LogP contribution >= 0.6 is 11.6 Å². The number of carbonyl (C=O) groups excluding carboxylic acids is 1. The molecule has 1 saturated carbocycles. The van der Waals surface area contributed by atoms with Crippen molar-refractivity contribution < 1.29 is 4.79 Å². The number of hydrogen-bond acceptors (Lipinski definition) is 3. The maximum absolute atomic E-state index is 11.5. The van der Waals surface area contributed by atoms with Gasteiger partial charge in [0.15, 0.2) is 0 Å². The van der Waals surface area contributed by atoms with Crippen molar-refractivity contribution in [3.05, 3.63) is 34.9 Å². The molecule has 2 fully saturated rings. The van der Waals surface area contributed by atoms with Gasteiger partial charge in [-0.25, -0.2) is 0 Å². The van der Waals surface area contributed by atoms with Crippen LogP contribution in [0.1, 0.15) is 44.1 Å². The summed E-state index contributed by atoms with van der Waals surface area (Å²) in [6.07, 6.45) is 6.40. The molecule has 5 heteroatoms. The van der Waals surface area contributed by atoms with Gasteiger partial charge in [0.25, 0.3) is 0 Å². The van der Waals surface area contributed by atoms with Crippen molar-refractivity contribution in [2.24, 2.45) is 17.4 Å². The summed E-state index contributed by atoms with van der Waals surface area (Å²) in [6, 6.07) is 8.70. The molecule has 1 unspecified atom stereocenters. The number of likely N-dealkylation sites (tertiary alicyclic amines) is 1. The molecule has 1 atom stereocenters. The molecule has 1 saturated heterocycles. The standard InChI is InChI=1S/C19H28ClN3O/c20-16-5-1-4-15(11-16)19(13-21)8-6-17(7-9-19)23-10-2-3-14(12-23)18(22)24/h1,4-5,11,14,17H,2-3,6-10,12-13,21H2,(H2,22,24). The van der Waals surface area contributed by atoms with E-state index in [4.69, 9.17) is 23.1 Å². The Hall–Kier alpha value is -1.10. The molecule has 1 heterocycles. The number of primary amides is 1. The molecule has 1 aromatic rings. The number of amides is 1. The van der Waals surface area contributed by atoms with E-state index in [1.807, 2.05) is 12.1 Å². The zero-order chi connectivity index (χ0) is 17.2. The predicted molar refractivity (Wildman–Crippen MR) is 97.9 cm³/mol. The molecule has 1 aliphatic carbocycles. The third-order valence-corrected chi connectivity index (χ3v) is 6.35. The minimum atomic E-state index is -0.147. The second-order valence-electron chi connectivity index (χ2n) is 7.46.